The summed E-state index contributed by atoms with van der Waals surface area (Å²) in [6.45, 7) is -0.0753. The Kier molecular flexibility index (Phi) is 4.21. The number of amides is 2. The zero-order chi connectivity index (χ0) is 18.0. The first-order valence-electron chi connectivity index (χ1n) is 7.18. The first-order valence-corrected chi connectivity index (χ1v) is 7.18. The number of fused-ring (bicyclic) bond motifs is 1. The van der Waals surface area contributed by atoms with Crippen LogP contribution in [0.4, 0.5) is 17.1 Å². The summed E-state index contributed by atoms with van der Waals surface area (Å²) in [5.41, 5.74) is 0.648. The van der Waals surface area contributed by atoms with Crippen LogP contribution < -0.4 is 20.1 Å². The van der Waals surface area contributed by atoms with Crippen LogP contribution in [0.2, 0.25) is 0 Å². The van der Waals surface area contributed by atoms with E-state index in [0.717, 1.165) is 0 Å². The second kappa shape index (κ2) is 6.48. The highest BCUT2D eigenvalue weighted by molar-refractivity contribution is 6.06. The van der Waals surface area contributed by atoms with Crippen LogP contribution in [0.5, 0.6) is 11.5 Å². The average molecular weight is 343 g/mol. The Hall–Kier alpha value is -3.62. The topological polar surface area (TPSA) is 120 Å². The summed E-state index contributed by atoms with van der Waals surface area (Å²) >= 11 is 0. The van der Waals surface area contributed by atoms with Crippen molar-refractivity contribution in [2.75, 3.05) is 24.4 Å². The Balaban J connectivity index is 1.83. The number of benzene rings is 2. The monoisotopic (exact) mass is 343 g/mol. The molecular weight excluding hydrogens is 330 g/mol. The van der Waals surface area contributed by atoms with Crippen LogP contribution in [-0.4, -0.2) is 30.5 Å². The van der Waals surface area contributed by atoms with Gasteiger partial charge < -0.3 is 20.1 Å². The standard InChI is InChI=1S/C16H13N3O6/c1-24-14-5-3-10(7-12(14)19(22)23)17-16(21)9-2-4-13-11(6-9)18-15(20)8-25-13/h2-7H,8H2,1H3,(H,17,21)(H,18,20). The molecule has 0 atom stereocenters. The minimum atomic E-state index is -0.597. The highest BCUT2D eigenvalue weighted by Gasteiger charge is 2.19. The van der Waals surface area contributed by atoms with Gasteiger partial charge in [-0.05, 0) is 30.3 Å². The van der Waals surface area contributed by atoms with E-state index in [1.54, 1.807) is 6.07 Å². The second-order valence-electron chi connectivity index (χ2n) is 5.15. The Morgan fingerprint density at radius 2 is 2.12 bits per heavy atom. The number of nitrogens with one attached hydrogen (secondary N) is 2. The molecule has 9 heteroatoms. The molecule has 3 rings (SSSR count). The molecular formula is C16H13N3O6. The largest absolute Gasteiger partial charge is 0.490 e. The number of nitro benzene ring substituents is 1. The Morgan fingerprint density at radius 1 is 1.32 bits per heavy atom. The number of rotatable bonds is 4. The van der Waals surface area contributed by atoms with Crippen molar-refractivity contribution in [1.29, 1.82) is 0 Å². The van der Waals surface area contributed by atoms with E-state index in [-0.39, 0.29) is 35.2 Å². The molecule has 2 aromatic rings. The van der Waals surface area contributed by atoms with Crippen molar-refractivity contribution in [3.8, 4) is 11.5 Å². The Bertz CT molecular complexity index is 880. The fourth-order valence-corrected chi connectivity index (χ4v) is 2.34. The minimum absolute atomic E-state index is 0.0753. The van der Waals surface area contributed by atoms with Crippen LogP contribution in [0.1, 0.15) is 10.4 Å². The van der Waals surface area contributed by atoms with E-state index in [4.69, 9.17) is 9.47 Å². The molecule has 1 heterocycles. The van der Waals surface area contributed by atoms with E-state index in [0.29, 0.717) is 11.4 Å². The molecule has 0 bridgehead atoms. The summed E-state index contributed by atoms with van der Waals surface area (Å²) in [5.74, 6) is -0.231. The molecule has 0 unspecified atom stereocenters. The highest BCUT2D eigenvalue weighted by Crippen LogP contribution is 2.31. The van der Waals surface area contributed by atoms with E-state index in [9.17, 15) is 19.7 Å². The zero-order valence-corrected chi connectivity index (χ0v) is 13.1. The molecule has 0 aromatic heterocycles. The number of carbonyl (C=O) groups is 2. The van der Waals surface area contributed by atoms with E-state index in [2.05, 4.69) is 10.6 Å². The van der Waals surface area contributed by atoms with Gasteiger partial charge in [-0.2, -0.15) is 0 Å². The number of nitrogens with zero attached hydrogens (tertiary/aromatic N) is 1. The van der Waals surface area contributed by atoms with Crippen LogP contribution >= 0.6 is 0 Å². The number of hydrogen-bond acceptors (Lipinski definition) is 6. The third-order valence-electron chi connectivity index (χ3n) is 3.51. The molecule has 2 N–H and O–H groups in total. The predicted octanol–water partition coefficient (Wildman–Crippen LogP) is 2.19. The van der Waals surface area contributed by atoms with Crippen LogP contribution in [0.15, 0.2) is 36.4 Å². The van der Waals surface area contributed by atoms with Gasteiger partial charge in [-0.15, -0.1) is 0 Å². The van der Waals surface area contributed by atoms with Crippen molar-refractivity contribution in [2.24, 2.45) is 0 Å². The second-order valence-corrected chi connectivity index (χ2v) is 5.15. The van der Waals surface area contributed by atoms with E-state index < -0.39 is 10.8 Å². The molecule has 25 heavy (non-hydrogen) atoms. The van der Waals surface area contributed by atoms with Gasteiger partial charge in [-0.1, -0.05) is 0 Å². The maximum absolute atomic E-state index is 12.4. The van der Waals surface area contributed by atoms with Gasteiger partial charge in [0.2, 0.25) is 0 Å². The molecule has 2 amide bonds. The van der Waals surface area contributed by atoms with Gasteiger partial charge >= 0.3 is 5.69 Å². The average Bonchev–Trinajstić information content (AvgIpc) is 2.60. The van der Waals surface area contributed by atoms with Gasteiger partial charge in [0.05, 0.1) is 17.7 Å². The molecule has 0 spiro atoms. The molecule has 128 valence electrons. The summed E-state index contributed by atoms with van der Waals surface area (Å²) in [7, 11) is 1.32. The quantitative estimate of drug-likeness (QED) is 0.648. The van der Waals surface area contributed by atoms with Gasteiger partial charge in [-0.25, -0.2) is 0 Å². The molecule has 0 saturated heterocycles. The number of nitro groups is 1. The summed E-state index contributed by atoms with van der Waals surface area (Å²) < 4.78 is 10.1. The third kappa shape index (κ3) is 3.34. The summed E-state index contributed by atoms with van der Waals surface area (Å²) in [4.78, 5) is 34.1. The van der Waals surface area contributed by atoms with Crippen LogP contribution in [0, 0.1) is 10.1 Å². The van der Waals surface area contributed by atoms with Crippen molar-refractivity contribution in [3.63, 3.8) is 0 Å². The van der Waals surface area contributed by atoms with Gasteiger partial charge in [0.15, 0.2) is 12.4 Å². The molecule has 0 saturated carbocycles. The first kappa shape index (κ1) is 16.2. The Labute approximate surface area is 141 Å². The van der Waals surface area contributed by atoms with Crippen LogP contribution in [0.25, 0.3) is 0 Å². The number of carbonyl (C=O) groups excluding carboxylic acids is 2. The lowest BCUT2D eigenvalue weighted by Gasteiger charge is -2.18. The minimum Gasteiger partial charge on any atom is -0.490 e. The molecule has 0 aliphatic carbocycles. The summed E-state index contributed by atoms with van der Waals surface area (Å²) in [5, 5.41) is 16.2. The highest BCUT2D eigenvalue weighted by atomic mass is 16.6. The van der Waals surface area contributed by atoms with Gasteiger partial charge in [0.25, 0.3) is 11.8 Å². The fourth-order valence-electron chi connectivity index (χ4n) is 2.34. The molecule has 1 aliphatic heterocycles. The lowest BCUT2D eigenvalue weighted by Crippen LogP contribution is -2.25. The SMILES string of the molecule is COc1ccc(NC(=O)c2ccc3c(c2)NC(=O)CO3)cc1[N+](=O)[O-]. The van der Waals surface area contributed by atoms with Crippen molar-refractivity contribution in [2.45, 2.75) is 0 Å². The van der Waals surface area contributed by atoms with Crippen molar-refractivity contribution < 1.29 is 24.0 Å². The normalized spacial score (nSPS) is 12.4. The van der Waals surface area contributed by atoms with Gasteiger partial charge in [-0.3, -0.25) is 19.7 Å². The number of hydrogen-bond donors (Lipinski definition) is 2. The van der Waals surface area contributed by atoms with Gasteiger partial charge in [0.1, 0.15) is 5.75 Å². The molecule has 1 aliphatic rings. The lowest BCUT2D eigenvalue weighted by molar-refractivity contribution is -0.385. The molecule has 0 fully saturated rings. The zero-order valence-electron chi connectivity index (χ0n) is 13.1. The summed E-state index contributed by atoms with van der Waals surface area (Å²) in [6, 6.07) is 8.67. The smallest absolute Gasteiger partial charge is 0.312 e. The van der Waals surface area contributed by atoms with Crippen molar-refractivity contribution in [1.82, 2.24) is 0 Å². The van der Waals surface area contributed by atoms with E-state index in [1.165, 1.54) is 37.4 Å². The summed E-state index contributed by atoms with van der Waals surface area (Å²) in [6.07, 6.45) is 0. The third-order valence-corrected chi connectivity index (χ3v) is 3.51. The van der Waals surface area contributed by atoms with Crippen molar-refractivity contribution in [3.05, 3.63) is 52.1 Å². The first-order chi connectivity index (χ1) is 12.0. The molecule has 9 nitrogen and oxygen atoms in total. The van der Waals surface area contributed by atoms with Crippen LogP contribution in [-0.2, 0) is 4.79 Å². The number of methoxy groups -OCH3 is 1. The van der Waals surface area contributed by atoms with Crippen LogP contribution in [0.3, 0.4) is 0 Å². The maximum atomic E-state index is 12.4. The van der Waals surface area contributed by atoms with Crippen molar-refractivity contribution >= 4 is 28.9 Å². The predicted molar refractivity (Wildman–Crippen MR) is 88.2 cm³/mol. The Morgan fingerprint density at radius 3 is 2.84 bits per heavy atom. The van der Waals surface area contributed by atoms with Gasteiger partial charge in [0, 0.05) is 17.3 Å². The van der Waals surface area contributed by atoms with E-state index >= 15 is 0 Å². The molecule has 2 aromatic carbocycles. The maximum Gasteiger partial charge on any atom is 0.312 e. The number of anilines is 2. The van der Waals surface area contributed by atoms with E-state index in [1.807, 2.05) is 0 Å². The molecule has 0 radical (unpaired) electrons. The number of ether oxygens (including phenoxy) is 2. The lowest BCUT2D eigenvalue weighted by atomic mass is 10.1. The fraction of sp³-hybridized carbons (Fsp3) is 0.125.